The number of amides is 1. The largest absolute Gasteiger partial charge is 0.326 e. The van der Waals surface area contributed by atoms with Gasteiger partial charge in [-0.25, -0.2) is 9.97 Å². The van der Waals surface area contributed by atoms with Gasteiger partial charge in [-0.3, -0.25) is 4.79 Å². The SMILES string of the molecule is CC(=O)Nc1cccc(C2CCN(CCCn3c(-c4ccccc4)nc4nc(C)ccc43)CC2)c1. The van der Waals surface area contributed by atoms with Crippen molar-refractivity contribution in [3.63, 3.8) is 0 Å². The first kappa shape index (κ1) is 23.2. The van der Waals surface area contributed by atoms with Gasteiger partial charge in [0, 0.05) is 30.4 Å². The standard InChI is InChI=1S/C29H33N5O/c1-21-12-13-27-28(30-21)32-29(24-8-4-3-5-9-24)34(27)17-7-16-33-18-14-23(15-19-33)25-10-6-11-26(20-25)31-22(2)35/h3-6,8-13,20,23H,7,14-19H2,1-2H3,(H,31,35). The number of benzene rings is 2. The van der Waals surface area contributed by atoms with Gasteiger partial charge >= 0.3 is 0 Å². The molecule has 1 amide bonds. The molecular formula is C29H33N5O. The van der Waals surface area contributed by atoms with Gasteiger partial charge in [0.1, 0.15) is 5.82 Å². The first-order chi connectivity index (χ1) is 17.1. The minimum absolute atomic E-state index is 0.0241. The van der Waals surface area contributed by atoms with Crippen LogP contribution in [0.15, 0.2) is 66.7 Å². The van der Waals surface area contributed by atoms with E-state index in [0.29, 0.717) is 5.92 Å². The number of nitrogens with one attached hydrogen (secondary N) is 1. The van der Waals surface area contributed by atoms with Crippen LogP contribution in [0.25, 0.3) is 22.6 Å². The molecule has 0 unspecified atom stereocenters. The van der Waals surface area contributed by atoms with E-state index in [0.717, 1.165) is 79.4 Å². The third-order valence-electron chi connectivity index (χ3n) is 6.91. The van der Waals surface area contributed by atoms with Crippen molar-refractivity contribution in [3.8, 4) is 11.4 Å². The monoisotopic (exact) mass is 467 g/mol. The number of pyridine rings is 1. The highest BCUT2D eigenvalue weighted by Gasteiger charge is 2.21. The van der Waals surface area contributed by atoms with Crippen molar-refractivity contribution in [2.24, 2.45) is 0 Å². The molecule has 2 aromatic heterocycles. The summed E-state index contributed by atoms with van der Waals surface area (Å²) in [4.78, 5) is 23.5. The number of likely N-dealkylation sites (tertiary alicyclic amines) is 1. The second kappa shape index (κ2) is 10.4. The molecule has 2 aromatic carbocycles. The summed E-state index contributed by atoms with van der Waals surface area (Å²) in [6.07, 6.45) is 3.37. The molecule has 1 saturated heterocycles. The zero-order valence-electron chi connectivity index (χ0n) is 20.6. The Balaban J connectivity index is 1.21. The zero-order valence-corrected chi connectivity index (χ0v) is 20.6. The molecule has 1 fully saturated rings. The summed E-state index contributed by atoms with van der Waals surface area (Å²) < 4.78 is 2.33. The smallest absolute Gasteiger partial charge is 0.221 e. The highest BCUT2D eigenvalue weighted by Crippen LogP contribution is 2.30. The highest BCUT2D eigenvalue weighted by atomic mass is 16.1. The maximum Gasteiger partial charge on any atom is 0.221 e. The Kier molecular flexibility index (Phi) is 6.91. The molecule has 0 radical (unpaired) electrons. The molecule has 35 heavy (non-hydrogen) atoms. The van der Waals surface area contributed by atoms with E-state index < -0.39 is 0 Å². The van der Waals surface area contributed by atoms with Gasteiger partial charge in [0.05, 0.1) is 5.52 Å². The fourth-order valence-electron chi connectivity index (χ4n) is 5.15. The van der Waals surface area contributed by atoms with Crippen molar-refractivity contribution >= 4 is 22.8 Å². The van der Waals surface area contributed by atoms with Crippen LogP contribution in [0.3, 0.4) is 0 Å². The number of nitrogens with zero attached hydrogens (tertiary/aromatic N) is 4. The lowest BCUT2D eigenvalue weighted by Crippen LogP contribution is -2.34. The van der Waals surface area contributed by atoms with Gasteiger partial charge in [-0.1, -0.05) is 42.5 Å². The van der Waals surface area contributed by atoms with E-state index in [-0.39, 0.29) is 5.91 Å². The summed E-state index contributed by atoms with van der Waals surface area (Å²) >= 11 is 0. The summed E-state index contributed by atoms with van der Waals surface area (Å²) in [6, 6.07) is 23.0. The molecule has 0 atom stereocenters. The third kappa shape index (κ3) is 5.43. The van der Waals surface area contributed by atoms with Crippen molar-refractivity contribution in [3.05, 3.63) is 78.0 Å². The Morgan fingerprint density at radius 1 is 0.971 bits per heavy atom. The second-order valence-corrected chi connectivity index (χ2v) is 9.52. The lowest BCUT2D eigenvalue weighted by Gasteiger charge is -2.32. The molecule has 1 aliphatic heterocycles. The van der Waals surface area contributed by atoms with E-state index in [2.05, 4.69) is 68.3 Å². The summed E-state index contributed by atoms with van der Waals surface area (Å²) in [5.74, 6) is 1.52. The van der Waals surface area contributed by atoms with Crippen molar-refractivity contribution < 1.29 is 4.79 Å². The van der Waals surface area contributed by atoms with E-state index in [1.54, 1.807) is 6.92 Å². The van der Waals surface area contributed by atoms with Crippen LogP contribution < -0.4 is 5.32 Å². The highest BCUT2D eigenvalue weighted by molar-refractivity contribution is 5.88. The average Bonchev–Trinajstić information content (AvgIpc) is 3.22. The number of hydrogen-bond acceptors (Lipinski definition) is 4. The molecule has 4 aromatic rings. The first-order valence-electron chi connectivity index (χ1n) is 12.6. The van der Waals surface area contributed by atoms with Crippen LogP contribution in [0.4, 0.5) is 5.69 Å². The molecule has 0 saturated carbocycles. The van der Waals surface area contributed by atoms with Crippen LogP contribution in [0.5, 0.6) is 0 Å². The third-order valence-corrected chi connectivity index (χ3v) is 6.91. The van der Waals surface area contributed by atoms with Crippen LogP contribution in [0.2, 0.25) is 0 Å². The van der Waals surface area contributed by atoms with Crippen molar-refractivity contribution in [2.45, 2.75) is 45.6 Å². The van der Waals surface area contributed by atoms with Gasteiger partial charge in [-0.2, -0.15) is 0 Å². The molecule has 1 N–H and O–H groups in total. The van der Waals surface area contributed by atoms with Crippen molar-refractivity contribution in [1.29, 1.82) is 0 Å². The lowest BCUT2D eigenvalue weighted by molar-refractivity contribution is -0.114. The van der Waals surface area contributed by atoms with E-state index in [9.17, 15) is 4.79 Å². The molecule has 0 spiro atoms. The summed E-state index contributed by atoms with van der Waals surface area (Å²) in [7, 11) is 0. The Labute approximate surface area is 207 Å². The molecule has 6 heteroatoms. The van der Waals surface area contributed by atoms with Crippen molar-refractivity contribution in [1.82, 2.24) is 19.4 Å². The number of imidazole rings is 1. The molecule has 5 rings (SSSR count). The molecule has 180 valence electrons. The number of aromatic nitrogens is 3. The fraction of sp³-hybridized carbons (Fsp3) is 0.345. The molecule has 0 aliphatic carbocycles. The van der Waals surface area contributed by atoms with Gasteiger partial charge in [-0.05, 0) is 81.6 Å². The van der Waals surface area contributed by atoms with Gasteiger partial charge in [0.2, 0.25) is 5.91 Å². The number of carbonyl (C=O) groups is 1. The number of fused-ring (bicyclic) bond motifs is 1. The maximum atomic E-state index is 11.4. The van der Waals surface area contributed by atoms with Crippen LogP contribution in [-0.2, 0) is 11.3 Å². The second-order valence-electron chi connectivity index (χ2n) is 9.52. The number of carbonyl (C=O) groups excluding carboxylic acids is 1. The van der Waals surface area contributed by atoms with Gasteiger partial charge in [0.25, 0.3) is 0 Å². The predicted octanol–water partition coefficient (Wildman–Crippen LogP) is 5.63. The normalized spacial score (nSPS) is 14.9. The molecule has 0 bridgehead atoms. The summed E-state index contributed by atoms with van der Waals surface area (Å²) in [6.45, 7) is 7.77. The minimum atomic E-state index is -0.0241. The fourth-order valence-corrected chi connectivity index (χ4v) is 5.15. The summed E-state index contributed by atoms with van der Waals surface area (Å²) in [5.41, 5.74) is 6.27. The Morgan fingerprint density at radius 2 is 1.77 bits per heavy atom. The van der Waals surface area contributed by atoms with E-state index >= 15 is 0 Å². The molecular weight excluding hydrogens is 434 g/mol. The van der Waals surface area contributed by atoms with Crippen molar-refractivity contribution in [2.75, 3.05) is 25.0 Å². The Morgan fingerprint density at radius 3 is 2.54 bits per heavy atom. The molecule has 1 aliphatic rings. The van der Waals surface area contributed by atoms with Gasteiger partial charge in [-0.15, -0.1) is 0 Å². The maximum absolute atomic E-state index is 11.4. The number of piperidine rings is 1. The Hall–Kier alpha value is -3.51. The van der Waals surface area contributed by atoms with E-state index in [4.69, 9.17) is 4.98 Å². The average molecular weight is 468 g/mol. The first-order valence-corrected chi connectivity index (χ1v) is 12.6. The molecule has 6 nitrogen and oxygen atoms in total. The van der Waals surface area contributed by atoms with E-state index in [1.165, 1.54) is 5.56 Å². The topological polar surface area (TPSA) is 63.1 Å². The number of aryl methyl sites for hydroxylation is 2. The number of rotatable bonds is 7. The van der Waals surface area contributed by atoms with Crippen LogP contribution in [0.1, 0.15) is 43.4 Å². The van der Waals surface area contributed by atoms with E-state index in [1.807, 2.05) is 25.1 Å². The number of anilines is 1. The van der Waals surface area contributed by atoms with Crippen LogP contribution >= 0.6 is 0 Å². The van der Waals surface area contributed by atoms with Crippen LogP contribution in [-0.4, -0.2) is 45.0 Å². The van der Waals surface area contributed by atoms with Gasteiger partial charge in [0.15, 0.2) is 5.65 Å². The Bertz CT molecular complexity index is 1310. The molecule has 3 heterocycles. The zero-order chi connectivity index (χ0) is 24.2. The summed E-state index contributed by atoms with van der Waals surface area (Å²) in [5, 5.41) is 2.91. The quantitative estimate of drug-likeness (QED) is 0.382. The minimum Gasteiger partial charge on any atom is -0.326 e. The van der Waals surface area contributed by atoms with Gasteiger partial charge < -0.3 is 14.8 Å². The predicted molar refractivity (Wildman–Crippen MR) is 141 cm³/mol. The van der Waals surface area contributed by atoms with Crippen LogP contribution in [0, 0.1) is 6.92 Å². The lowest BCUT2D eigenvalue weighted by atomic mass is 9.89. The number of hydrogen-bond donors (Lipinski definition) is 1.